The number of benzene rings is 2. The third-order valence-corrected chi connectivity index (χ3v) is 5.07. The lowest BCUT2D eigenvalue weighted by Crippen LogP contribution is -2.32. The van der Waals surface area contributed by atoms with Gasteiger partial charge in [0.05, 0.1) is 0 Å². The van der Waals surface area contributed by atoms with Gasteiger partial charge in [0.1, 0.15) is 0 Å². The zero-order valence-electron chi connectivity index (χ0n) is 15.9. The molecule has 0 N–H and O–H groups in total. The summed E-state index contributed by atoms with van der Waals surface area (Å²) in [6.07, 6.45) is 3.63. The van der Waals surface area contributed by atoms with Crippen molar-refractivity contribution in [2.24, 2.45) is 0 Å². The van der Waals surface area contributed by atoms with E-state index in [9.17, 15) is 0 Å². The predicted molar refractivity (Wildman–Crippen MR) is 106 cm³/mol. The van der Waals surface area contributed by atoms with Crippen molar-refractivity contribution in [1.29, 1.82) is 0 Å². The van der Waals surface area contributed by atoms with Gasteiger partial charge in [0.2, 0.25) is 0 Å². The number of hydrogen-bond acceptors (Lipinski definition) is 1. The maximum absolute atomic E-state index is 2.63. The Bertz CT molecular complexity index is 603. The molecule has 1 unspecified atom stereocenters. The molecule has 0 aromatic heterocycles. The first-order valence-corrected chi connectivity index (χ1v) is 9.65. The first-order chi connectivity index (χ1) is 11.8. The van der Waals surface area contributed by atoms with Crippen LogP contribution in [0.3, 0.4) is 0 Å². The number of nitrogens with zero attached hydrogens (tertiary/aromatic N) is 1. The molecule has 130 valence electrons. The molecule has 1 aliphatic rings. The highest BCUT2D eigenvalue weighted by Gasteiger charge is 2.18. The monoisotopic (exact) mass is 323 g/mol. The number of aryl methyl sites for hydroxylation is 1. The number of fused-ring (bicyclic) bond motifs is 1. The van der Waals surface area contributed by atoms with Crippen molar-refractivity contribution in [2.75, 3.05) is 13.1 Å². The zero-order valence-corrected chi connectivity index (χ0v) is 15.9. The largest absolute Gasteiger partial charge is 0.299 e. The second kappa shape index (κ2) is 9.64. The van der Waals surface area contributed by atoms with E-state index in [4.69, 9.17) is 0 Å². The first kappa shape index (κ1) is 18.7. The van der Waals surface area contributed by atoms with Crippen LogP contribution in [0.5, 0.6) is 0 Å². The molecule has 2 aromatic carbocycles. The van der Waals surface area contributed by atoms with Gasteiger partial charge in [0.15, 0.2) is 0 Å². The summed E-state index contributed by atoms with van der Waals surface area (Å²) >= 11 is 0. The highest BCUT2D eigenvalue weighted by atomic mass is 15.1. The van der Waals surface area contributed by atoms with Crippen LogP contribution in [0.4, 0.5) is 0 Å². The third-order valence-electron chi connectivity index (χ3n) is 5.07. The van der Waals surface area contributed by atoms with E-state index in [2.05, 4.69) is 67.3 Å². The van der Waals surface area contributed by atoms with Crippen molar-refractivity contribution in [1.82, 2.24) is 4.90 Å². The standard InChI is InChI=1S/C21H27N.C2H6/c1-3-18-10-7-11-20-16-22(15-13-21(18)20)14-12-17(2)19-8-5-4-6-9-19;1-2/h4-11,17H,3,12-16H2,1-2H3;1-2H3. The van der Waals surface area contributed by atoms with E-state index < -0.39 is 0 Å². The summed E-state index contributed by atoms with van der Waals surface area (Å²) in [4.78, 5) is 2.63. The van der Waals surface area contributed by atoms with E-state index in [0.29, 0.717) is 5.92 Å². The second-order valence-electron chi connectivity index (χ2n) is 6.53. The van der Waals surface area contributed by atoms with Crippen molar-refractivity contribution < 1.29 is 0 Å². The normalized spacial score (nSPS) is 15.2. The summed E-state index contributed by atoms with van der Waals surface area (Å²) < 4.78 is 0. The molecule has 0 amide bonds. The minimum absolute atomic E-state index is 0.643. The fourth-order valence-electron chi connectivity index (χ4n) is 3.59. The Kier molecular flexibility index (Phi) is 7.52. The summed E-state index contributed by atoms with van der Waals surface area (Å²) in [5.41, 5.74) is 6.19. The van der Waals surface area contributed by atoms with Gasteiger partial charge < -0.3 is 0 Å². The van der Waals surface area contributed by atoms with Crippen molar-refractivity contribution in [3.63, 3.8) is 0 Å². The van der Waals surface area contributed by atoms with Gasteiger partial charge in [-0.25, -0.2) is 0 Å². The minimum Gasteiger partial charge on any atom is -0.299 e. The van der Waals surface area contributed by atoms with Crippen LogP contribution in [-0.4, -0.2) is 18.0 Å². The lowest BCUT2D eigenvalue weighted by Gasteiger charge is -2.30. The highest BCUT2D eigenvalue weighted by molar-refractivity contribution is 5.37. The van der Waals surface area contributed by atoms with E-state index >= 15 is 0 Å². The Balaban J connectivity index is 0.00000100. The van der Waals surface area contributed by atoms with Gasteiger partial charge in [-0.2, -0.15) is 0 Å². The van der Waals surface area contributed by atoms with Crippen LogP contribution in [0.25, 0.3) is 0 Å². The SMILES string of the molecule is CC.CCc1cccc2c1CCN(CCC(C)c1ccccc1)C2. The van der Waals surface area contributed by atoms with Gasteiger partial charge in [-0.05, 0) is 54.0 Å². The summed E-state index contributed by atoms with van der Waals surface area (Å²) in [6, 6.07) is 17.8. The Morgan fingerprint density at radius 2 is 1.75 bits per heavy atom. The zero-order chi connectivity index (χ0) is 17.4. The highest BCUT2D eigenvalue weighted by Crippen LogP contribution is 2.25. The quantitative estimate of drug-likeness (QED) is 0.669. The third kappa shape index (κ3) is 4.70. The molecule has 24 heavy (non-hydrogen) atoms. The summed E-state index contributed by atoms with van der Waals surface area (Å²) in [6.45, 7) is 12.2. The van der Waals surface area contributed by atoms with Crippen LogP contribution in [0, 0.1) is 0 Å². The molecule has 0 aliphatic carbocycles. The topological polar surface area (TPSA) is 3.24 Å². The lowest BCUT2D eigenvalue weighted by molar-refractivity contribution is 0.245. The summed E-state index contributed by atoms with van der Waals surface area (Å²) in [5, 5.41) is 0. The molecule has 2 aromatic rings. The van der Waals surface area contributed by atoms with Crippen LogP contribution in [0.15, 0.2) is 48.5 Å². The molecule has 0 radical (unpaired) electrons. The molecule has 0 bridgehead atoms. The molecule has 0 spiro atoms. The van der Waals surface area contributed by atoms with E-state index in [1.807, 2.05) is 13.8 Å². The van der Waals surface area contributed by atoms with E-state index in [-0.39, 0.29) is 0 Å². The van der Waals surface area contributed by atoms with Crippen LogP contribution in [0.2, 0.25) is 0 Å². The van der Waals surface area contributed by atoms with Gasteiger partial charge in [-0.3, -0.25) is 4.90 Å². The van der Waals surface area contributed by atoms with Crippen molar-refractivity contribution in [3.8, 4) is 0 Å². The van der Waals surface area contributed by atoms with Gasteiger partial charge in [0, 0.05) is 13.1 Å². The number of rotatable bonds is 5. The Morgan fingerprint density at radius 1 is 1.00 bits per heavy atom. The van der Waals surface area contributed by atoms with Gasteiger partial charge in [0.25, 0.3) is 0 Å². The molecule has 1 heteroatoms. The van der Waals surface area contributed by atoms with Crippen molar-refractivity contribution in [2.45, 2.75) is 59.4 Å². The fourth-order valence-corrected chi connectivity index (χ4v) is 3.59. The molecular formula is C23H33N. The molecule has 1 nitrogen and oxygen atoms in total. The maximum atomic E-state index is 2.63. The summed E-state index contributed by atoms with van der Waals surface area (Å²) in [7, 11) is 0. The van der Waals surface area contributed by atoms with Gasteiger partial charge in [-0.15, -0.1) is 0 Å². The Morgan fingerprint density at radius 3 is 2.46 bits per heavy atom. The Hall–Kier alpha value is -1.60. The molecule has 1 heterocycles. The van der Waals surface area contributed by atoms with Crippen molar-refractivity contribution >= 4 is 0 Å². The maximum Gasteiger partial charge on any atom is 0.0236 e. The van der Waals surface area contributed by atoms with Crippen LogP contribution in [-0.2, 0) is 19.4 Å². The molecular weight excluding hydrogens is 290 g/mol. The smallest absolute Gasteiger partial charge is 0.0236 e. The van der Waals surface area contributed by atoms with E-state index in [1.54, 1.807) is 16.7 Å². The molecule has 1 atom stereocenters. The minimum atomic E-state index is 0.643. The predicted octanol–water partition coefficient (Wildman–Crippen LogP) is 5.83. The summed E-state index contributed by atoms with van der Waals surface area (Å²) in [5.74, 6) is 0.643. The van der Waals surface area contributed by atoms with Crippen LogP contribution in [0.1, 0.15) is 62.3 Å². The number of hydrogen-bond donors (Lipinski definition) is 0. The van der Waals surface area contributed by atoms with Crippen molar-refractivity contribution in [3.05, 3.63) is 70.8 Å². The first-order valence-electron chi connectivity index (χ1n) is 9.65. The molecule has 1 aliphatic heterocycles. The average Bonchev–Trinajstić information content (AvgIpc) is 2.67. The van der Waals surface area contributed by atoms with Crippen LogP contribution >= 0.6 is 0 Å². The molecule has 0 saturated heterocycles. The average molecular weight is 324 g/mol. The molecule has 3 rings (SSSR count). The molecule has 0 saturated carbocycles. The van der Waals surface area contributed by atoms with Gasteiger partial charge >= 0.3 is 0 Å². The van der Waals surface area contributed by atoms with Crippen LogP contribution < -0.4 is 0 Å². The molecule has 0 fully saturated rings. The second-order valence-corrected chi connectivity index (χ2v) is 6.53. The lowest BCUT2D eigenvalue weighted by atomic mass is 9.92. The fraction of sp³-hybridized carbons (Fsp3) is 0.478. The van der Waals surface area contributed by atoms with Gasteiger partial charge in [-0.1, -0.05) is 76.2 Å². The van der Waals surface area contributed by atoms with E-state index in [1.165, 1.54) is 31.5 Å². The van der Waals surface area contributed by atoms with E-state index in [0.717, 1.165) is 13.0 Å². The Labute approximate surface area is 148 Å².